The van der Waals surface area contributed by atoms with Crippen LogP contribution in [0.1, 0.15) is 35.4 Å². The van der Waals surface area contributed by atoms with E-state index in [-0.39, 0.29) is 17.9 Å². The number of benzene rings is 3. The van der Waals surface area contributed by atoms with Crippen molar-refractivity contribution in [2.45, 2.75) is 26.1 Å². The summed E-state index contributed by atoms with van der Waals surface area (Å²) < 4.78 is 16.8. The minimum atomic E-state index is -0.810. The number of rotatable bonds is 9. The number of Topliss-reactive ketones (excluding diaryl/α,β-unsaturated/α-hetero) is 1. The molecule has 1 N–H and O–H groups in total. The first kappa shape index (κ1) is 24.9. The van der Waals surface area contributed by atoms with Gasteiger partial charge in [-0.15, -0.1) is 0 Å². The molecule has 1 aromatic heterocycles. The summed E-state index contributed by atoms with van der Waals surface area (Å²) >= 11 is 0. The molecule has 2 heterocycles. The van der Waals surface area contributed by atoms with Crippen molar-refractivity contribution in [1.82, 2.24) is 4.90 Å². The molecule has 1 aliphatic heterocycles. The van der Waals surface area contributed by atoms with Crippen LogP contribution in [-0.4, -0.2) is 28.3 Å². The first-order chi connectivity index (χ1) is 18.5. The third-order valence-electron chi connectivity index (χ3n) is 6.33. The molecule has 1 fully saturated rings. The number of likely N-dealkylation sites (tertiary alicyclic amines) is 1. The maximum absolute atomic E-state index is 13.2. The van der Waals surface area contributed by atoms with Crippen LogP contribution in [0.4, 0.5) is 0 Å². The largest absolute Gasteiger partial charge is 0.507 e. The molecule has 0 bridgehead atoms. The minimum Gasteiger partial charge on any atom is -0.507 e. The molecule has 7 nitrogen and oxygen atoms in total. The molecule has 38 heavy (non-hydrogen) atoms. The van der Waals surface area contributed by atoms with Gasteiger partial charge in [0.05, 0.1) is 31.0 Å². The smallest absolute Gasteiger partial charge is 0.296 e. The van der Waals surface area contributed by atoms with E-state index in [1.54, 1.807) is 60.7 Å². The number of amides is 1. The van der Waals surface area contributed by atoms with Gasteiger partial charge < -0.3 is 23.9 Å². The summed E-state index contributed by atoms with van der Waals surface area (Å²) in [5.74, 6) is 0.112. The number of ketones is 1. The zero-order chi connectivity index (χ0) is 26.5. The molecule has 7 heteroatoms. The second-order valence-electron chi connectivity index (χ2n) is 8.81. The van der Waals surface area contributed by atoms with Crippen molar-refractivity contribution in [3.8, 4) is 11.5 Å². The summed E-state index contributed by atoms with van der Waals surface area (Å²) in [7, 11) is 0. The Morgan fingerprint density at radius 2 is 1.55 bits per heavy atom. The number of aliphatic hydroxyl groups is 1. The number of carbonyl (C=O) groups is 2. The van der Waals surface area contributed by atoms with Crippen molar-refractivity contribution in [2.24, 2.45) is 0 Å². The molecule has 0 radical (unpaired) electrons. The summed E-state index contributed by atoms with van der Waals surface area (Å²) in [5.41, 5.74) is 2.13. The number of furan rings is 1. The average molecular weight is 510 g/mol. The van der Waals surface area contributed by atoms with E-state index in [2.05, 4.69) is 0 Å². The monoisotopic (exact) mass is 509 g/mol. The highest BCUT2D eigenvalue weighted by Crippen LogP contribution is 2.41. The highest BCUT2D eigenvalue weighted by molar-refractivity contribution is 6.46. The fraction of sp³-hybridized carbons (Fsp3) is 0.161. The highest BCUT2D eigenvalue weighted by atomic mass is 16.5. The predicted octanol–water partition coefficient (Wildman–Crippen LogP) is 5.88. The molecule has 1 saturated heterocycles. The zero-order valence-corrected chi connectivity index (χ0v) is 20.9. The third kappa shape index (κ3) is 5.18. The van der Waals surface area contributed by atoms with Gasteiger partial charge in [0.15, 0.2) is 0 Å². The second kappa shape index (κ2) is 11.1. The Morgan fingerprint density at radius 3 is 2.21 bits per heavy atom. The van der Waals surface area contributed by atoms with Crippen LogP contribution in [0.15, 0.2) is 107 Å². The van der Waals surface area contributed by atoms with E-state index < -0.39 is 17.7 Å². The molecule has 4 aromatic rings. The summed E-state index contributed by atoms with van der Waals surface area (Å²) in [5, 5.41) is 11.3. The van der Waals surface area contributed by atoms with Gasteiger partial charge in [-0.3, -0.25) is 9.59 Å². The standard InChI is InChI=1S/C31H27NO6/c1-2-36-24-16-12-23(13-17-24)29(33)27-28(32(31(35)30(27)34)19-26-9-6-18-37-26)22-10-14-25(15-11-22)38-20-21-7-4-3-5-8-21/h3-18,28,33H,2,19-20H2,1H3. The zero-order valence-electron chi connectivity index (χ0n) is 20.9. The lowest BCUT2D eigenvalue weighted by atomic mass is 9.95. The second-order valence-corrected chi connectivity index (χ2v) is 8.81. The molecule has 192 valence electrons. The van der Waals surface area contributed by atoms with Crippen LogP contribution in [0.2, 0.25) is 0 Å². The SMILES string of the molecule is CCOc1ccc(C(O)=C2C(=O)C(=O)N(Cc3ccco3)C2c2ccc(OCc3ccccc3)cc2)cc1. The number of carbonyl (C=O) groups excluding carboxylic acids is 2. The Hall–Kier alpha value is -4.78. The van der Waals surface area contributed by atoms with Crippen molar-refractivity contribution in [3.05, 3.63) is 125 Å². The summed E-state index contributed by atoms with van der Waals surface area (Å²) in [6, 6.07) is 26.4. The Morgan fingerprint density at radius 1 is 0.868 bits per heavy atom. The summed E-state index contributed by atoms with van der Waals surface area (Å²) in [6.45, 7) is 2.88. The lowest BCUT2D eigenvalue weighted by Gasteiger charge is -2.24. The van der Waals surface area contributed by atoms with E-state index in [1.165, 1.54) is 11.2 Å². The van der Waals surface area contributed by atoms with Crippen LogP contribution in [0, 0.1) is 0 Å². The van der Waals surface area contributed by atoms with E-state index in [4.69, 9.17) is 13.9 Å². The van der Waals surface area contributed by atoms with Crippen LogP contribution in [0.25, 0.3) is 5.76 Å². The molecule has 1 aliphatic rings. The first-order valence-electron chi connectivity index (χ1n) is 12.4. The van der Waals surface area contributed by atoms with Crippen LogP contribution in [-0.2, 0) is 22.7 Å². The fourth-order valence-corrected chi connectivity index (χ4v) is 4.48. The predicted molar refractivity (Wildman–Crippen MR) is 141 cm³/mol. The van der Waals surface area contributed by atoms with E-state index >= 15 is 0 Å². The molecule has 0 spiro atoms. The minimum absolute atomic E-state index is 0.0173. The van der Waals surface area contributed by atoms with E-state index in [0.717, 1.165) is 5.56 Å². The van der Waals surface area contributed by atoms with E-state index in [0.29, 0.717) is 41.6 Å². The number of aliphatic hydroxyl groups excluding tert-OH is 1. The van der Waals surface area contributed by atoms with Gasteiger partial charge in [0.1, 0.15) is 29.6 Å². The maximum atomic E-state index is 13.2. The van der Waals surface area contributed by atoms with Crippen LogP contribution < -0.4 is 9.47 Å². The molecule has 0 aliphatic carbocycles. The van der Waals surface area contributed by atoms with Gasteiger partial charge in [-0.1, -0.05) is 42.5 Å². The summed E-state index contributed by atoms with van der Waals surface area (Å²) in [4.78, 5) is 27.8. The number of hydrogen-bond acceptors (Lipinski definition) is 6. The van der Waals surface area contributed by atoms with Gasteiger partial charge >= 0.3 is 0 Å². The first-order valence-corrected chi connectivity index (χ1v) is 12.4. The number of ether oxygens (including phenoxy) is 2. The van der Waals surface area contributed by atoms with Gasteiger partial charge in [-0.05, 0) is 66.6 Å². The van der Waals surface area contributed by atoms with Crippen molar-refractivity contribution in [3.63, 3.8) is 0 Å². The fourth-order valence-electron chi connectivity index (χ4n) is 4.48. The Labute approximate surface area is 220 Å². The van der Waals surface area contributed by atoms with Gasteiger partial charge in [0.2, 0.25) is 0 Å². The molecule has 1 unspecified atom stereocenters. The van der Waals surface area contributed by atoms with Crippen LogP contribution in [0.5, 0.6) is 11.5 Å². The molecule has 1 atom stereocenters. The van der Waals surface area contributed by atoms with E-state index in [1.807, 2.05) is 37.3 Å². The van der Waals surface area contributed by atoms with Crippen molar-refractivity contribution in [1.29, 1.82) is 0 Å². The summed E-state index contributed by atoms with van der Waals surface area (Å²) in [6.07, 6.45) is 1.51. The van der Waals surface area contributed by atoms with Crippen molar-refractivity contribution >= 4 is 17.4 Å². The topological polar surface area (TPSA) is 89.2 Å². The number of nitrogens with zero attached hydrogens (tertiary/aromatic N) is 1. The highest BCUT2D eigenvalue weighted by Gasteiger charge is 2.46. The maximum Gasteiger partial charge on any atom is 0.296 e. The molecular weight excluding hydrogens is 482 g/mol. The third-order valence-corrected chi connectivity index (χ3v) is 6.33. The van der Waals surface area contributed by atoms with Gasteiger partial charge in [0, 0.05) is 5.56 Å². The Kier molecular flexibility index (Phi) is 7.26. The van der Waals surface area contributed by atoms with Crippen LogP contribution >= 0.6 is 0 Å². The Bertz CT molecular complexity index is 1420. The lowest BCUT2D eigenvalue weighted by molar-refractivity contribution is -0.140. The van der Waals surface area contributed by atoms with Gasteiger partial charge in [0.25, 0.3) is 11.7 Å². The van der Waals surface area contributed by atoms with Crippen molar-refractivity contribution < 1.29 is 28.6 Å². The average Bonchev–Trinajstić information content (AvgIpc) is 3.55. The van der Waals surface area contributed by atoms with Gasteiger partial charge in [-0.2, -0.15) is 0 Å². The molecule has 0 saturated carbocycles. The van der Waals surface area contributed by atoms with Gasteiger partial charge in [-0.25, -0.2) is 0 Å². The molecule has 3 aromatic carbocycles. The molecule has 1 amide bonds. The van der Waals surface area contributed by atoms with E-state index in [9.17, 15) is 14.7 Å². The molecule has 5 rings (SSSR count). The number of hydrogen-bond donors (Lipinski definition) is 1. The lowest BCUT2D eigenvalue weighted by Crippen LogP contribution is -2.29. The Balaban J connectivity index is 1.49. The van der Waals surface area contributed by atoms with Crippen LogP contribution in [0.3, 0.4) is 0 Å². The molecular formula is C31H27NO6. The quantitative estimate of drug-likeness (QED) is 0.172. The normalized spacial score (nSPS) is 16.6. The van der Waals surface area contributed by atoms with Crippen molar-refractivity contribution in [2.75, 3.05) is 6.61 Å².